The maximum Gasteiger partial charge on any atom is 0.340 e. The van der Waals surface area contributed by atoms with Gasteiger partial charge in [0.15, 0.2) is 0 Å². The molecule has 0 aliphatic rings. The summed E-state index contributed by atoms with van der Waals surface area (Å²) in [6, 6.07) is 5.33. The monoisotopic (exact) mass is 326 g/mol. The van der Waals surface area contributed by atoms with Crippen LogP contribution in [-0.2, 0) is 21.2 Å². The lowest BCUT2D eigenvalue weighted by Gasteiger charge is -2.08. The van der Waals surface area contributed by atoms with Gasteiger partial charge in [-0.25, -0.2) is 13.2 Å². The van der Waals surface area contributed by atoms with E-state index < -0.39 is 16.0 Å². The molecule has 2 heterocycles. The van der Waals surface area contributed by atoms with E-state index in [4.69, 9.17) is 0 Å². The molecular weight excluding hydrogens is 312 g/mol. The lowest BCUT2D eigenvalue weighted by molar-refractivity contribution is 0.0602. The number of esters is 1. The molecule has 1 N–H and O–H groups in total. The van der Waals surface area contributed by atoms with E-state index >= 15 is 0 Å². The van der Waals surface area contributed by atoms with Gasteiger partial charge in [0, 0.05) is 29.1 Å². The van der Waals surface area contributed by atoms with Gasteiger partial charge in [-0.05, 0) is 12.1 Å². The Morgan fingerprint density at radius 3 is 2.86 bits per heavy atom. The zero-order chi connectivity index (χ0) is 15.3. The normalized spacial score (nSPS) is 11.1. The zero-order valence-corrected chi connectivity index (χ0v) is 12.9. The number of carbonyl (C=O) groups excluding carboxylic acids is 1. The molecule has 2 aromatic heterocycles. The molecule has 8 heteroatoms. The summed E-state index contributed by atoms with van der Waals surface area (Å²) >= 11 is 1.22. The van der Waals surface area contributed by atoms with Gasteiger partial charge in [0.05, 0.1) is 24.1 Å². The van der Waals surface area contributed by atoms with Crippen LogP contribution in [0, 0.1) is 0 Å². The van der Waals surface area contributed by atoms with Crippen molar-refractivity contribution >= 4 is 33.0 Å². The Morgan fingerprint density at radius 1 is 1.38 bits per heavy atom. The molecular formula is C13H14N2O4S2. The Labute approximate surface area is 126 Å². The minimum Gasteiger partial charge on any atom is -0.465 e. The predicted molar refractivity (Wildman–Crippen MR) is 81.0 cm³/mol. The number of sulfonamides is 1. The zero-order valence-electron chi connectivity index (χ0n) is 11.3. The number of carbonyl (C=O) groups is 1. The fraction of sp³-hybridized carbons (Fsp3) is 0.231. The quantitative estimate of drug-likeness (QED) is 0.820. The van der Waals surface area contributed by atoms with Crippen molar-refractivity contribution in [1.82, 2.24) is 4.98 Å². The molecule has 0 bridgehead atoms. The lowest BCUT2D eigenvalue weighted by Crippen LogP contribution is -2.19. The van der Waals surface area contributed by atoms with Crippen molar-refractivity contribution < 1.29 is 17.9 Å². The van der Waals surface area contributed by atoms with Crippen molar-refractivity contribution in [1.29, 1.82) is 0 Å². The van der Waals surface area contributed by atoms with Gasteiger partial charge in [-0.3, -0.25) is 9.71 Å². The molecule has 0 radical (unpaired) electrons. The molecule has 2 aromatic rings. The van der Waals surface area contributed by atoms with E-state index in [0.717, 1.165) is 0 Å². The van der Waals surface area contributed by atoms with E-state index in [1.807, 2.05) is 0 Å². The van der Waals surface area contributed by atoms with Crippen LogP contribution in [0.2, 0.25) is 0 Å². The topological polar surface area (TPSA) is 85.4 Å². The van der Waals surface area contributed by atoms with Crippen LogP contribution >= 0.6 is 11.3 Å². The van der Waals surface area contributed by atoms with Gasteiger partial charge in [0.25, 0.3) is 0 Å². The van der Waals surface area contributed by atoms with E-state index in [2.05, 4.69) is 14.4 Å². The number of thiophene rings is 1. The van der Waals surface area contributed by atoms with Crippen molar-refractivity contribution in [2.75, 3.05) is 17.6 Å². The van der Waals surface area contributed by atoms with E-state index in [1.165, 1.54) is 18.4 Å². The Bertz CT molecular complexity index is 711. The van der Waals surface area contributed by atoms with Gasteiger partial charge in [-0.1, -0.05) is 6.07 Å². The summed E-state index contributed by atoms with van der Waals surface area (Å²) in [7, 11) is -2.31. The average Bonchev–Trinajstić information content (AvgIpc) is 2.93. The standard InChI is InChI=1S/C13H14N2O4S2/c1-19-13(16)11-8-20-9-12(11)15-21(17,18)7-5-10-4-2-3-6-14-10/h2-4,6,8-9,15H,5,7H2,1H3. The number of ether oxygens (including phenoxy) is 1. The highest BCUT2D eigenvalue weighted by molar-refractivity contribution is 7.92. The molecule has 0 aliphatic heterocycles. The fourth-order valence-corrected chi connectivity index (χ4v) is 3.56. The number of aryl methyl sites for hydroxylation is 1. The predicted octanol–water partition coefficient (Wildman–Crippen LogP) is 1.91. The van der Waals surface area contributed by atoms with Crippen LogP contribution in [0.25, 0.3) is 0 Å². The molecule has 0 atom stereocenters. The third-order valence-electron chi connectivity index (χ3n) is 2.69. The second-order valence-corrected chi connectivity index (χ2v) is 6.77. The number of methoxy groups -OCH3 is 1. The molecule has 0 fully saturated rings. The highest BCUT2D eigenvalue weighted by Crippen LogP contribution is 2.23. The van der Waals surface area contributed by atoms with Crippen LogP contribution in [0.4, 0.5) is 5.69 Å². The third kappa shape index (κ3) is 4.27. The van der Waals surface area contributed by atoms with Gasteiger partial charge in [-0.15, -0.1) is 11.3 Å². The number of nitrogens with one attached hydrogen (secondary N) is 1. The number of rotatable bonds is 6. The first-order chi connectivity index (χ1) is 10.0. The van der Waals surface area contributed by atoms with Crippen molar-refractivity contribution in [3.8, 4) is 0 Å². The van der Waals surface area contributed by atoms with Crippen molar-refractivity contribution in [2.45, 2.75) is 6.42 Å². The molecule has 6 nitrogen and oxygen atoms in total. The Morgan fingerprint density at radius 2 is 2.19 bits per heavy atom. The smallest absolute Gasteiger partial charge is 0.340 e. The highest BCUT2D eigenvalue weighted by atomic mass is 32.2. The van der Waals surface area contributed by atoms with Crippen LogP contribution in [0.1, 0.15) is 16.1 Å². The summed E-state index contributed by atoms with van der Waals surface area (Å²) in [5.74, 6) is -0.681. The highest BCUT2D eigenvalue weighted by Gasteiger charge is 2.18. The second-order valence-electron chi connectivity index (χ2n) is 4.18. The van der Waals surface area contributed by atoms with Crippen molar-refractivity contribution in [3.63, 3.8) is 0 Å². The summed E-state index contributed by atoms with van der Waals surface area (Å²) in [5, 5.41) is 3.10. The number of aromatic nitrogens is 1. The number of pyridine rings is 1. The molecule has 0 aliphatic carbocycles. The number of anilines is 1. The maximum atomic E-state index is 12.0. The Hall–Kier alpha value is -1.93. The van der Waals surface area contributed by atoms with E-state index in [-0.39, 0.29) is 17.0 Å². The van der Waals surface area contributed by atoms with Gasteiger partial charge < -0.3 is 4.74 Å². The number of hydrogen-bond acceptors (Lipinski definition) is 6. The molecule has 0 unspecified atom stereocenters. The molecule has 112 valence electrons. The van der Waals surface area contributed by atoms with Crippen LogP contribution in [0.5, 0.6) is 0 Å². The first-order valence-electron chi connectivity index (χ1n) is 6.07. The average molecular weight is 326 g/mol. The maximum absolute atomic E-state index is 12.0. The van der Waals surface area contributed by atoms with Crippen molar-refractivity contribution in [2.24, 2.45) is 0 Å². The van der Waals surface area contributed by atoms with Gasteiger partial charge >= 0.3 is 5.97 Å². The third-order valence-corrected chi connectivity index (χ3v) is 4.70. The Kier molecular flexibility index (Phi) is 4.92. The summed E-state index contributed by atoms with van der Waals surface area (Å²) in [5.41, 5.74) is 1.15. The molecule has 0 saturated heterocycles. The van der Waals surface area contributed by atoms with Crippen LogP contribution < -0.4 is 4.72 Å². The SMILES string of the molecule is COC(=O)c1cscc1NS(=O)(=O)CCc1ccccn1. The lowest BCUT2D eigenvalue weighted by atomic mass is 10.3. The van der Waals surface area contributed by atoms with Gasteiger partial charge in [-0.2, -0.15) is 0 Å². The van der Waals surface area contributed by atoms with Crippen molar-refractivity contribution in [3.05, 3.63) is 46.4 Å². The van der Waals surface area contributed by atoms with Crippen LogP contribution in [-0.4, -0.2) is 32.2 Å². The van der Waals surface area contributed by atoms with E-state index in [9.17, 15) is 13.2 Å². The summed E-state index contributed by atoms with van der Waals surface area (Å²) < 4.78 is 31.1. The minimum atomic E-state index is -3.56. The second kappa shape index (κ2) is 6.68. The van der Waals surface area contributed by atoms with Gasteiger partial charge in [0.1, 0.15) is 0 Å². The fourth-order valence-electron chi connectivity index (χ4n) is 1.65. The molecule has 0 aromatic carbocycles. The first-order valence-corrected chi connectivity index (χ1v) is 8.66. The molecule has 0 amide bonds. The number of hydrogen-bond donors (Lipinski definition) is 1. The minimum absolute atomic E-state index is 0.111. The summed E-state index contributed by atoms with van der Waals surface area (Å²) in [6.45, 7) is 0. The largest absolute Gasteiger partial charge is 0.465 e. The number of nitrogens with zero attached hydrogens (tertiary/aromatic N) is 1. The van der Waals surface area contributed by atoms with E-state index in [1.54, 1.807) is 35.2 Å². The van der Waals surface area contributed by atoms with Crippen LogP contribution in [0.3, 0.4) is 0 Å². The van der Waals surface area contributed by atoms with Crippen LogP contribution in [0.15, 0.2) is 35.2 Å². The Balaban J connectivity index is 2.05. The first kappa shape index (κ1) is 15.5. The summed E-state index contributed by atoms with van der Waals surface area (Å²) in [4.78, 5) is 15.6. The summed E-state index contributed by atoms with van der Waals surface area (Å²) in [6.07, 6.45) is 1.91. The van der Waals surface area contributed by atoms with E-state index in [0.29, 0.717) is 12.1 Å². The van der Waals surface area contributed by atoms with Gasteiger partial charge in [0.2, 0.25) is 10.0 Å². The molecule has 0 spiro atoms. The molecule has 21 heavy (non-hydrogen) atoms. The molecule has 2 rings (SSSR count). The molecule has 0 saturated carbocycles.